The Bertz CT molecular complexity index is 4960. The highest BCUT2D eigenvalue weighted by Gasteiger charge is 2.50. The van der Waals surface area contributed by atoms with Gasteiger partial charge in [-0.2, -0.15) is 0 Å². The number of fused-ring (bicyclic) bond motifs is 8. The van der Waals surface area contributed by atoms with E-state index in [4.69, 9.17) is 66.4 Å². The van der Waals surface area contributed by atoms with Gasteiger partial charge < -0.3 is 166 Å². The van der Waals surface area contributed by atoms with Gasteiger partial charge in [0.25, 0.3) is 7.82 Å². The molecule has 38 heteroatoms. The van der Waals surface area contributed by atoms with E-state index in [0.717, 1.165) is 122 Å². The second kappa shape index (κ2) is 44.1. The molecule has 0 aliphatic carbocycles. The molecular formula is C93H126N7O30P+2. The average Bonchev–Trinajstić information content (AvgIpc) is 1.61. The number of nitrogens with one attached hydrogen (secondary N) is 2. The zero-order valence-corrected chi connectivity index (χ0v) is 75.6. The number of aliphatic hydroxyl groups excluding tert-OH is 16. The molecule has 6 aliphatic heterocycles. The maximum Gasteiger partial charge on any atom is 0.267 e. The monoisotopic (exact) mass is 1850 g/mol. The number of aliphatic hydroxyl groups is 16. The van der Waals surface area contributed by atoms with E-state index in [2.05, 4.69) is 189 Å². The lowest BCUT2D eigenvalue weighted by Crippen LogP contribution is -2.60. The SMILES string of the molecule is C[N+](C)(C)Cc1ccc(-c2c3nc(c(-c4ccc(C[N+](C)(C)C)cc4)c4ccc([nH]4)c(-c4ccc(C[N+](C)(C)C)cc4)c4nc(c(-c5ccc(COCCOCCOP(=O)([O-])OCC(C(COC6OC(CO)C(O)C(O)C6O)COC6OC(CO)C(O)C(O)C6O)C(COC6OC(CO)C(O)C(O)C6O)COC6OC(CO)C(O)C(O)C6O)cc5)c5ccc2[nH]5)C=C4)C=C3)cc1. The Morgan fingerprint density at radius 3 is 0.870 bits per heavy atom. The minimum atomic E-state index is -5.55. The summed E-state index contributed by atoms with van der Waals surface area (Å²) in [6.07, 6.45) is -29.2. The molecule has 21 unspecified atom stereocenters. The van der Waals surface area contributed by atoms with Crippen molar-refractivity contribution < 1.29 is 161 Å². The Morgan fingerprint density at radius 2 is 0.603 bits per heavy atom. The molecule has 3 aromatic heterocycles. The van der Waals surface area contributed by atoms with Crippen LogP contribution in [0.2, 0.25) is 0 Å². The van der Waals surface area contributed by atoms with Crippen molar-refractivity contribution in [2.45, 2.75) is 149 Å². The number of hydrogen-bond acceptors (Lipinski definition) is 32. The molecule has 8 bridgehead atoms. The Balaban J connectivity index is 0.757. The normalized spacial score (nSPS) is 27.9. The number of ether oxygens (including phenoxy) is 10. The van der Waals surface area contributed by atoms with E-state index in [1.807, 2.05) is 30.3 Å². The van der Waals surface area contributed by atoms with Gasteiger partial charge >= 0.3 is 0 Å². The zero-order chi connectivity index (χ0) is 94.1. The molecule has 4 aromatic carbocycles. The zero-order valence-electron chi connectivity index (χ0n) is 74.7. The van der Waals surface area contributed by atoms with Crippen LogP contribution in [0.25, 0.3) is 90.9 Å². The number of quaternary nitrogens is 3. The van der Waals surface area contributed by atoms with E-state index in [1.165, 1.54) is 16.7 Å². The summed E-state index contributed by atoms with van der Waals surface area (Å²) in [4.78, 5) is 33.0. The first-order chi connectivity index (χ1) is 62.3. The summed E-state index contributed by atoms with van der Waals surface area (Å²) in [5.74, 6) is -4.63. The molecule has 18 N–H and O–H groups in total. The number of aromatic nitrogens is 4. The van der Waals surface area contributed by atoms with Gasteiger partial charge in [0.1, 0.15) is 117 Å². The van der Waals surface area contributed by atoms with Gasteiger partial charge in [-0.3, -0.25) is 4.57 Å². The number of benzene rings is 4. The molecule has 131 heavy (non-hydrogen) atoms. The Labute approximate surface area is 758 Å². The van der Waals surface area contributed by atoms with Gasteiger partial charge in [0, 0.05) is 72.8 Å². The van der Waals surface area contributed by atoms with Crippen LogP contribution in [-0.4, -0.2) is 387 Å². The molecule has 37 nitrogen and oxygen atoms in total. The van der Waals surface area contributed by atoms with E-state index >= 15 is 0 Å². The van der Waals surface area contributed by atoms with Gasteiger partial charge in [-0.05, 0) is 82.3 Å². The topological polar surface area (TPSA) is 532 Å². The first-order valence-electron chi connectivity index (χ1n) is 43.7. The van der Waals surface area contributed by atoms with Crippen LogP contribution in [0.1, 0.15) is 45.0 Å². The lowest BCUT2D eigenvalue weighted by molar-refractivity contribution is -0.884. The standard InChI is InChI=1S/C93H126N7O30P/c1-98(2,3)38-51-10-18-55(19-11-51)74-62-26-28-64(94-62)75(56-20-12-52(13-21-56)39-99(4,5)6)66-30-32-68(96-66)77(69-33-31-67(97-69)76(65-29-27-63(74)95-65)57-22-14-53(15-23-57)40-100(7,8)9)58-24-16-54(17-25-58)45-120-35-34-119-36-37-125-131(117,118)126-50-61(59(46-121-90-86(113)82(109)78(105)70(41-101)127-90)47-122-91-87(114)83(110)79(106)71(42-102)128-91)60(48-123-92-88(115)84(111)80(107)72(43-103)129-92)49-124-93-89(116)85(112)81(108)73(44-104)130-93/h10-33,59-61,70-73,78-94,97,101-116H,34-50H2,1-9H3/q+2. The minimum Gasteiger partial charge on any atom is -0.756 e. The van der Waals surface area contributed by atoms with E-state index in [1.54, 1.807) is 0 Å². The third kappa shape index (κ3) is 25.2. The quantitative estimate of drug-likeness (QED) is 0.0145. The highest BCUT2D eigenvalue weighted by Crippen LogP contribution is 2.44. The van der Waals surface area contributed by atoms with Gasteiger partial charge in [0.05, 0.1) is 179 Å². The van der Waals surface area contributed by atoms with Crippen LogP contribution in [0.15, 0.2) is 121 Å². The van der Waals surface area contributed by atoms with Crippen molar-refractivity contribution in [1.29, 1.82) is 0 Å². The summed E-state index contributed by atoms with van der Waals surface area (Å²) < 4.78 is 85.7. The fourth-order valence-corrected chi connectivity index (χ4v) is 17.7. The van der Waals surface area contributed by atoms with Crippen molar-refractivity contribution in [2.75, 3.05) is 149 Å². The summed E-state index contributed by atoms with van der Waals surface area (Å²) in [6.45, 7) is -6.45. The van der Waals surface area contributed by atoms with Crippen LogP contribution in [0, 0.1) is 17.8 Å². The number of nitrogens with zero attached hydrogens (tertiary/aromatic N) is 5. The maximum atomic E-state index is 14.1. The van der Waals surface area contributed by atoms with Gasteiger partial charge in [-0.15, -0.1) is 0 Å². The van der Waals surface area contributed by atoms with Crippen molar-refractivity contribution in [1.82, 2.24) is 19.9 Å². The molecule has 0 spiro atoms. The van der Waals surface area contributed by atoms with Crippen molar-refractivity contribution in [2.24, 2.45) is 17.8 Å². The Kier molecular flexibility index (Phi) is 33.9. The Hall–Kier alpha value is -7.57. The summed E-state index contributed by atoms with van der Waals surface area (Å²) in [7, 11) is 14.0. The van der Waals surface area contributed by atoms with Gasteiger partial charge in [-0.1, -0.05) is 97.1 Å². The lowest BCUT2D eigenvalue weighted by Gasteiger charge is -2.43. The second-order valence-corrected chi connectivity index (χ2v) is 38.6. The fraction of sp³-hybridized carbons (Fsp3) is 0.527. The van der Waals surface area contributed by atoms with E-state index in [-0.39, 0.29) is 26.4 Å². The van der Waals surface area contributed by atoms with Crippen molar-refractivity contribution in [3.63, 3.8) is 0 Å². The van der Waals surface area contributed by atoms with E-state index < -0.39 is 214 Å². The molecule has 0 saturated carbocycles. The molecule has 716 valence electrons. The molecule has 4 fully saturated rings. The number of phosphoric acid groups is 1. The largest absolute Gasteiger partial charge is 0.756 e. The molecule has 0 radical (unpaired) electrons. The first kappa shape index (κ1) is 101. The number of hydrogen-bond donors (Lipinski definition) is 18. The molecule has 6 aliphatic rings. The van der Waals surface area contributed by atoms with Gasteiger partial charge in [0.15, 0.2) is 25.2 Å². The summed E-state index contributed by atoms with van der Waals surface area (Å²) in [5.41, 5.74) is 18.1. The molecule has 9 heterocycles. The first-order valence-corrected chi connectivity index (χ1v) is 45.2. The number of phosphoric ester groups is 1. The number of aromatic amines is 2. The molecule has 7 aromatic rings. The highest BCUT2D eigenvalue weighted by atomic mass is 31.2. The van der Waals surface area contributed by atoms with Crippen LogP contribution >= 0.6 is 7.82 Å². The van der Waals surface area contributed by atoms with Crippen molar-refractivity contribution in [3.05, 3.63) is 166 Å². The minimum absolute atomic E-state index is 0.0216. The molecule has 21 atom stereocenters. The van der Waals surface area contributed by atoms with Gasteiger partial charge in [-0.25, -0.2) is 9.97 Å². The van der Waals surface area contributed by atoms with Gasteiger partial charge in [0.2, 0.25) is 0 Å². The number of rotatable bonds is 40. The predicted molar refractivity (Wildman–Crippen MR) is 475 cm³/mol. The van der Waals surface area contributed by atoms with Crippen LogP contribution in [-0.2, 0) is 87.2 Å². The van der Waals surface area contributed by atoms with Crippen LogP contribution < -0.4 is 4.89 Å². The third-order valence-corrected chi connectivity index (χ3v) is 24.7. The van der Waals surface area contributed by atoms with Crippen LogP contribution in [0.5, 0.6) is 0 Å². The third-order valence-electron chi connectivity index (χ3n) is 23.7. The van der Waals surface area contributed by atoms with Crippen molar-refractivity contribution >= 4 is 54.2 Å². The van der Waals surface area contributed by atoms with Crippen LogP contribution in [0.4, 0.5) is 0 Å². The summed E-state index contributed by atoms with van der Waals surface area (Å²) in [6, 6.07) is 42.5. The van der Waals surface area contributed by atoms with E-state index in [0.29, 0.717) is 5.69 Å². The van der Waals surface area contributed by atoms with Crippen molar-refractivity contribution in [3.8, 4) is 44.5 Å². The summed E-state index contributed by atoms with van der Waals surface area (Å²) in [5, 5.41) is 171. The molecule has 0 amide bonds. The number of H-pyrrole nitrogens is 2. The summed E-state index contributed by atoms with van der Waals surface area (Å²) >= 11 is 0. The van der Waals surface area contributed by atoms with Crippen LogP contribution in [0.3, 0.4) is 0 Å². The highest BCUT2D eigenvalue weighted by molar-refractivity contribution is 7.45. The Morgan fingerprint density at radius 1 is 0.344 bits per heavy atom. The molecule has 13 rings (SSSR count). The fourth-order valence-electron chi connectivity index (χ4n) is 16.9. The molecule has 4 saturated heterocycles. The maximum absolute atomic E-state index is 14.1. The second-order valence-electron chi connectivity index (χ2n) is 37.2. The molecular weight excluding hydrogens is 1730 g/mol. The average molecular weight is 1850 g/mol. The predicted octanol–water partition coefficient (Wildman–Crippen LogP) is 1.09. The lowest BCUT2D eigenvalue weighted by atomic mass is 9.83. The van der Waals surface area contributed by atoms with E-state index in [9.17, 15) is 91.2 Å². The smallest absolute Gasteiger partial charge is 0.267 e.